The minimum absolute atomic E-state index is 0.00481. The van der Waals surface area contributed by atoms with Crippen LogP contribution in [0, 0.1) is 6.92 Å². The van der Waals surface area contributed by atoms with Crippen molar-refractivity contribution in [2.75, 3.05) is 0 Å². The molecule has 0 atom stereocenters. The van der Waals surface area contributed by atoms with Gasteiger partial charge in [0.05, 0.1) is 24.5 Å². The molecule has 0 aliphatic carbocycles. The zero-order valence-corrected chi connectivity index (χ0v) is 12.0. The third kappa shape index (κ3) is 2.73. The zero-order chi connectivity index (χ0) is 14.7. The summed E-state index contributed by atoms with van der Waals surface area (Å²) in [6.45, 7) is 2.65. The van der Waals surface area contributed by atoms with Crippen molar-refractivity contribution >= 4 is 0 Å². The molecule has 0 radical (unpaired) electrons. The van der Waals surface area contributed by atoms with Crippen molar-refractivity contribution in [1.82, 2.24) is 9.78 Å². The maximum absolute atomic E-state index is 9.69. The summed E-state index contributed by atoms with van der Waals surface area (Å²) in [6, 6.07) is 20.4. The van der Waals surface area contributed by atoms with Crippen LogP contribution in [-0.2, 0) is 13.2 Å². The van der Waals surface area contributed by atoms with Crippen molar-refractivity contribution in [3.8, 4) is 11.3 Å². The molecule has 3 nitrogen and oxygen atoms in total. The standard InChI is InChI=1S/C18H18N2O/c1-14-17(13-21)18(16-10-6-3-7-11-16)20(19-14)12-15-8-4-2-5-9-15/h2-11,21H,12-13H2,1H3. The normalized spacial score (nSPS) is 10.8. The minimum atomic E-state index is 0.00481. The topological polar surface area (TPSA) is 38.0 Å². The van der Waals surface area contributed by atoms with Crippen LogP contribution in [0.25, 0.3) is 11.3 Å². The maximum Gasteiger partial charge on any atom is 0.0744 e. The van der Waals surface area contributed by atoms with Gasteiger partial charge in [0.1, 0.15) is 0 Å². The van der Waals surface area contributed by atoms with Gasteiger partial charge in [-0.1, -0.05) is 60.7 Å². The van der Waals surface area contributed by atoms with Gasteiger partial charge in [-0.25, -0.2) is 0 Å². The van der Waals surface area contributed by atoms with Crippen molar-refractivity contribution in [2.24, 2.45) is 0 Å². The molecule has 0 saturated carbocycles. The summed E-state index contributed by atoms with van der Waals surface area (Å²) in [5, 5.41) is 14.3. The average molecular weight is 278 g/mol. The zero-order valence-electron chi connectivity index (χ0n) is 12.0. The Morgan fingerprint density at radius 3 is 2.19 bits per heavy atom. The Morgan fingerprint density at radius 2 is 1.57 bits per heavy atom. The van der Waals surface area contributed by atoms with Crippen molar-refractivity contribution < 1.29 is 5.11 Å². The Labute approximate surface area is 124 Å². The molecule has 0 amide bonds. The fraction of sp³-hybridized carbons (Fsp3) is 0.167. The Morgan fingerprint density at radius 1 is 0.952 bits per heavy atom. The number of nitrogens with zero attached hydrogens (tertiary/aromatic N) is 2. The minimum Gasteiger partial charge on any atom is -0.392 e. The average Bonchev–Trinajstić information content (AvgIpc) is 2.84. The largest absolute Gasteiger partial charge is 0.392 e. The number of rotatable bonds is 4. The van der Waals surface area contributed by atoms with E-state index in [2.05, 4.69) is 29.4 Å². The Kier molecular flexibility index (Phi) is 3.84. The van der Waals surface area contributed by atoms with Crippen LogP contribution in [0.2, 0.25) is 0 Å². The predicted molar refractivity (Wildman–Crippen MR) is 83.9 cm³/mol. The lowest BCUT2D eigenvalue weighted by atomic mass is 10.1. The molecule has 1 aromatic heterocycles. The lowest BCUT2D eigenvalue weighted by molar-refractivity contribution is 0.281. The van der Waals surface area contributed by atoms with Gasteiger partial charge in [-0.15, -0.1) is 0 Å². The second kappa shape index (κ2) is 5.94. The van der Waals surface area contributed by atoms with Gasteiger partial charge in [-0.3, -0.25) is 4.68 Å². The predicted octanol–water partition coefficient (Wildman–Crippen LogP) is 3.40. The monoisotopic (exact) mass is 278 g/mol. The van der Waals surface area contributed by atoms with E-state index >= 15 is 0 Å². The fourth-order valence-corrected chi connectivity index (χ4v) is 2.60. The number of aliphatic hydroxyl groups is 1. The quantitative estimate of drug-likeness (QED) is 0.794. The lowest BCUT2D eigenvalue weighted by Crippen LogP contribution is -2.04. The van der Waals surface area contributed by atoms with Gasteiger partial charge < -0.3 is 5.11 Å². The van der Waals surface area contributed by atoms with E-state index in [1.54, 1.807) is 0 Å². The van der Waals surface area contributed by atoms with E-state index in [-0.39, 0.29) is 6.61 Å². The highest BCUT2D eigenvalue weighted by Gasteiger charge is 2.16. The maximum atomic E-state index is 9.69. The van der Waals surface area contributed by atoms with Gasteiger partial charge in [-0.2, -0.15) is 5.10 Å². The molecule has 0 fully saturated rings. The number of hydrogen-bond acceptors (Lipinski definition) is 2. The van der Waals surface area contributed by atoms with Crippen LogP contribution in [0.3, 0.4) is 0 Å². The van der Waals surface area contributed by atoms with Crippen LogP contribution in [-0.4, -0.2) is 14.9 Å². The van der Waals surface area contributed by atoms with E-state index in [9.17, 15) is 5.11 Å². The van der Waals surface area contributed by atoms with Crippen LogP contribution in [0.4, 0.5) is 0 Å². The Balaban J connectivity index is 2.09. The van der Waals surface area contributed by atoms with E-state index < -0.39 is 0 Å². The van der Waals surface area contributed by atoms with Crippen molar-refractivity contribution in [3.05, 3.63) is 77.5 Å². The molecule has 21 heavy (non-hydrogen) atoms. The highest BCUT2D eigenvalue weighted by molar-refractivity contribution is 5.64. The van der Waals surface area contributed by atoms with Crippen LogP contribution in [0.5, 0.6) is 0 Å². The molecule has 0 unspecified atom stereocenters. The smallest absolute Gasteiger partial charge is 0.0744 e. The van der Waals surface area contributed by atoms with Gasteiger partial charge in [-0.05, 0) is 12.5 Å². The van der Waals surface area contributed by atoms with Crippen LogP contribution < -0.4 is 0 Å². The molecule has 1 heterocycles. The lowest BCUT2D eigenvalue weighted by Gasteiger charge is -2.09. The molecule has 3 rings (SSSR count). The summed E-state index contributed by atoms with van der Waals surface area (Å²) in [7, 11) is 0. The Hall–Kier alpha value is -2.39. The Bertz CT molecular complexity index is 718. The third-order valence-corrected chi connectivity index (χ3v) is 3.63. The summed E-state index contributed by atoms with van der Waals surface area (Å²) in [5.74, 6) is 0. The summed E-state index contributed by atoms with van der Waals surface area (Å²) in [5.41, 5.74) is 5.06. The molecule has 0 spiro atoms. The molecule has 1 N–H and O–H groups in total. The number of benzene rings is 2. The molecule has 3 aromatic rings. The van der Waals surface area contributed by atoms with E-state index in [1.165, 1.54) is 5.56 Å². The van der Waals surface area contributed by atoms with Crippen molar-refractivity contribution in [1.29, 1.82) is 0 Å². The number of hydrogen-bond donors (Lipinski definition) is 1. The molecular formula is C18H18N2O. The molecule has 0 aliphatic heterocycles. The second-order valence-electron chi connectivity index (χ2n) is 5.08. The first-order chi connectivity index (χ1) is 10.3. The van der Waals surface area contributed by atoms with Gasteiger partial charge in [0, 0.05) is 11.1 Å². The fourth-order valence-electron chi connectivity index (χ4n) is 2.60. The molecule has 106 valence electrons. The van der Waals surface area contributed by atoms with E-state index in [1.807, 2.05) is 48.0 Å². The molecule has 2 aromatic carbocycles. The van der Waals surface area contributed by atoms with Gasteiger partial charge in [0.15, 0.2) is 0 Å². The number of aryl methyl sites for hydroxylation is 1. The summed E-state index contributed by atoms with van der Waals surface area (Å²) < 4.78 is 1.98. The molecular weight excluding hydrogens is 260 g/mol. The van der Waals surface area contributed by atoms with Crippen molar-refractivity contribution in [2.45, 2.75) is 20.1 Å². The second-order valence-corrected chi connectivity index (χ2v) is 5.08. The molecule has 3 heteroatoms. The number of aliphatic hydroxyl groups excluding tert-OH is 1. The van der Waals surface area contributed by atoms with Gasteiger partial charge >= 0.3 is 0 Å². The highest BCUT2D eigenvalue weighted by atomic mass is 16.3. The SMILES string of the molecule is Cc1nn(Cc2ccccc2)c(-c2ccccc2)c1CO. The summed E-state index contributed by atoms with van der Waals surface area (Å²) in [6.07, 6.45) is 0. The van der Waals surface area contributed by atoms with Gasteiger partial charge in [0.2, 0.25) is 0 Å². The van der Waals surface area contributed by atoms with E-state index in [4.69, 9.17) is 0 Å². The van der Waals surface area contributed by atoms with Gasteiger partial charge in [0.25, 0.3) is 0 Å². The van der Waals surface area contributed by atoms with Crippen LogP contribution in [0.1, 0.15) is 16.8 Å². The first kappa shape index (κ1) is 13.6. The number of aromatic nitrogens is 2. The first-order valence-corrected chi connectivity index (χ1v) is 7.06. The molecule has 0 bridgehead atoms. The summed E-state index contributed by atoms with van der Waals surface area (Å²) in [4.78, 5) is 0. The third-order valence-electron chi connectivity index (χ3n) is 3.63. The van der Waals surface area contributed by atoms with E-state index in [0.29, 0.717) is 6.54 Å². The molecule has 0 aliphatic rings. The van der Waals surface area contributed by atoms with Crippen LogP contribution in [0.15, 0.2) is 60.7 Å². The van der Waals surface area contributed by atoms with E-state index in [0.717, 1.165) is 22.5 Å². The first-order valence-electron chi connectivity index (χ1n) is 7.06. The highest BCUT2D eigenvalue weighted by Crippen LogP contribution is 2.27. The van der Waals surface area contributed by atoms with Crippen molar-refractivity contribution in [3.63, 3.8) is 0 Å². The summed E-state index contributed by atoms with van der Waals surface area (Å²) >= 11 is 0. The van der Waals surface area contributed by atoms with Crippen LogP contribution >= 0.6 is 0 Å². The molecule has 0 saturated heterocycles.